The number of amides is 2. The summed E-state index contributed by atoms with van der Waals surface area (Å²) in [5, 5.41) is 0.956. The van der Waals surface area contributed by atoms with Gasteiger partial charge in [0.15, 0.2) is 5.75 Å². The molecule has 7 nitrogen and oxygen atoms in total. The van der Waals surface area contributed by atoms with Crippen LogP contribution in [0, 0.1) is 0 Å². The minimum Gasteiger partial charge on any atom is -0.444 e. The quantitative estimate of drug-likeness (QED) is 0.242. The molecule has 2 aromatic rings. The summed E-state index contributed by atoms with van der Waals surface area (Å²) in [4.78, 5) is 35.8. The molecule has 0 aliphatic rings. The SMILES string of the molecule is N[C@@H](CC(=O)NC(=O)OCc1ccccc1)C(=O)Oc1c(Cl)c(Cl)c(Cl)c(Cl)c1Cl. The normalized spacial score (nSPS) is 11.5. The van der Waals surface area contributed by atoms with Crippen molar-refractivity contribution >= 4 is 76.0 Å². The average Bonchev–Trinajstić information content (AvgIpc) is 2.72. The van der Waals surface area contributed by atoms with Crippen LogP contribution in [-0.4, -0.2) is 24.0 Å². The Balaban J connectivity index is 1.91. The molecule has 0 aromatic heterocycles. The molecule has 0 unspecified atom stereocenters. The van der Waals surface area contributed by atoms with Gasteiger partial charge in [-0.2, -0.15) is 0 Å². The third-order valence-corrected chi connectivity index (χ3v) is 5.78. The Morgan fingerprint density at radius 2 is 1.43 bits per heavy atom. The summed E-state index contributed by atoms with van der Waals surface area (Å²) in [6.45, 7) is -0.0386. The molecule has 2 rings (SSSR count). The highest BCUT2D eigenvalue weighted by Crippen LogP contribution is 2.48. The summed E-state index contributed by atoms with van der Waals surface area (Å²) in [6, 6.07) is 7.38. The predicted octanol–water partition coefficient (Wildman–Crippen LogP) is 5.03. The van der Waals surface area contributed by atoms with E-state index in [1.165, 1.54) is 0 Å². The molecule has 0 fully saturated rings. The van der Waals surface area contributed by atoms with Gasteiger partial charge in [-0.3, -0.25) is 10.1 Å². The fraction of sp³-hybridized carbons (Fsp3) is 0.167. The van der Waals surface area contributed by atoms with Crippen LogP contribution in [0.25, 0.3) is 0 Å². The number of esters is 1. The number of halogens is 5. The molecule has 12 heteroatoms. The van der Waals surface area contributed by atoms with Gasteiger partial charge in [-0.05, 0) is 5.56 Å². The van der Waals surface area contributed by atoms with E-state index in [2.05, 4.69) is 0 Å². The van der Waals surface area contributed by atoms with Crippen LogP contribution in [0.15, 0.2) is 30.3 Å². The number of imide groups is 1. The number of alkyl carbamates (subject to hydrolysis) is 1. The van der Waals surface area contributed by atoms with E-state index in [1.807, 2.05) is 5.32 Å². The maximum Gasteiger partial charge on any atom is 0.414 e. The van der Waals surface area contributed by atoms with Crippen molar-refractivity contribution in [3.8, 4) is 5.75 Å². The van der Waals surface area contributed by atoms with Crippen LogP contribution in [0.3, 0.4) is 0 Å². The summed E-state index contributed by atoms with van der Waals surface area (Å²) >= 11 is 29.6. The maximum absolute atomic E-state index is 12.2. The molecule has 0 aliphatic carbocycles. The fourth-order valence-corrected chi connectivity index (χ4v) is 3.26. The van der Waals surface area contributed by atoms with Crippen molar-refractivity contribution in [1.82, 2.24) is 5.32 Å². The van der Waals surface area contributed by atoms with Gasteiger partial charge in [0.1, 0.15) is 22.7 Å². The van der Waals surface area contributed by atoms with Gasteiger partial charge in [0.2, 0.25) is 5.91 Å². The molecular weight excluding hydrogens is 501 g/mol. The van der Waals surface area contributed by atoms with Gasteiger partial charge in [-0.25, -0.2) is 9.59 Å². The van der Waals surface area contributed by atoms with Gasteiger partial charge in [0.25, 0.3) is 0 Å². The van der Waals surface area contributed by atoms with Crippen molar-refractivity contribution in [1.29, 1.82) is 0 Å². The summed E-state index contributed by atoms with van der Waals surface area (Å²) in [7, 11) is 0. The molecule has 0 aliphatic heterocycles. The smallest absolute Gasteiger partial charge is 0.414 e. The molecule has 0 radical (unpaired) electrons. The van der Waals surface area contributed by atoms with Gasteiger partial charge in [-0.15, -0.1) is 0 Å². The largest absolute Gasteiger partial charge is 0.444 e. The number of benzene rings is 2. The van der Waals surface area contributed by atoms with Gasteiger partial charge >= 0.3 is 12.1 Å². The average molecular weight is 515 g/mol. The Morgan fingerprint density at radius 1 is 0.900 bits per heavy atom. The lowest BCUT2D eigenvalue weighted by molar-refractivity contribution is -0.138. The Kier molecular flexibility index (Phi) is 9.03. The van der Waals surface area contributed by atoms with Crippen molar-refractivity contribution in [2.75, 3.05) is 0 Å². The first-order valence-electron chi connectivity index (χ1n) is 8.11. The molecule has 2 aromatic carbocycles. The molecule has 0 saturated carbocycles. The molecule has 160 valence electrons. The van der Waals surface area contributed by atoms with Crippen LogP contribution in [0.1, 0.15) is 12.0 Å². The van der Waals surface area contributed by atoms with Crippen molar-refractivity contribution in [2.45, 2.75) is 19.1 Å². The Labute approximate surface area is 196 Å². The molecule has 2 amide bonds. The van der Waals surface area contributed by atoms with Gasteiger partial charge in [-0.1, -0.05) is 88.3 Å². The third-order valence-electron chi connectivity index (χ3n) is 3.53. The molecule has 1 atom stereocenters. The van der Waals surface area contributed by atoms with Crippen LogP contribution >= 0.6 is 58.0 Å². The van der Waals surface area contributed by atoms with Gasteiger partial charge in [0.05, 0.1) is 21.5 Å². The van der Waals surface area contributed by atoms with Crippen molar-refractivity contribution in [2.24, 2.45) is 5.73 Å². The molecular formula is C18H13Cl5N2O5. The zero-order chi connectivity index (χ0) is 22.4. The second-order valence-electron chi connectivity index (χ2n) is 5.74. The number of hydrogen-bond donors (Lipinski definition) is 2. The number of carbonyl (C=O) groups excluding carboxylic acids is 3. The highest BCUT2D eigenvalue weighted by atomic mass is 35.5. The molecule has 0 spiro atoms. The molecule has 30 heavy (non-hydrogen) atoms. The van der Waals surface area contributed by atoms with Crippen molar-refractivity contribution in [3.63, 3.8) is 0 Å². The number of rotatable bonds is 6. The lowest BCUT2D eigenvalue weighted by Crippen LogP contribution is -2.41. The number of nitrogens with two attached hydrogens (primary N) is 1. The highest BCUT2D eigenvalue weighted by molar-refractivity contribution is 6.55. The third kappa shape index (κ3) is 6.38. The molecule has 0 saturated heterocycles. The Hall–Kier alpha value is -1.74. The first-order valence-corrected chi connectivity index (χ1v) is 10.00. The van der Waals surface area contributed by atoms with Crippen LogP contribution in [0.2, 0.25) is 25.1 Å². The van der Waals surface area contributed by atoms with E-state index >= 15 is 0 Å². The summed E-state index contributed by atoms with van der Waals surface area (Å²) in [5.74, 6) is -2.29. The lowest BCUT2D eigenvalue weighted by Gasteiger charge is -2.15. The van der Waals surface area contributed by atoms with Gasteiger partial charge in [0, 0.05) is 0 Å². The van der Waals surface area contributed by atoms with Crippen LogP contribution in [0.5, 0.6) is 5.75 Å². The van der Waals surface area contributed by atoms with E-state index in [0.29, 0.717) is 0 Å². The molecule has 3 N–H and O–H groups in total. The van der Waals surface area contributed by atoms with Crippen LogP contribution < -0.4 is 15.8 Å². The zero-order valence-corrected chi connectivity index (χ0v) is 18.7. The first kappa shape index (κ1) is 24.5. The Bertz CT molecular complexity index is 942. The van der Waals surface area contributed by atoms with Crippen molar-refractivity contribution in [3.05, 3.63) is 61.0 Å². The summed E-state index contributed by atoms with van der Waals surface area (Å²) in [6.07, 6.45) is -1.57. The lowest BCUT2D eigenvalue weighted by atomic mass is 10.2. The first-order chi connectivity index (χ1) is 14.1. The summed E-state index contributed by atoms with van der Waals surface area (Å²) < 4.78 is 9.91. The predicted molar refractivity (Wildman–Crippen MR) is 114 cm³/mol. The standard InChI is InChI=1S/C18H13Cl5N2O5/c19-11-12(20)14(22)16(15(23)13(11)21)30-17(27)9(24)6-10(26)25-18(28)29-7-8-4-2-1-3-5-8/h1-5,9H,6-7,24H2,(H,25,26,28)/t9-/m0/s1. The zero-order valence-electron chi connectivity index (χ0n) is 14.9. The number of ether oxygens (including phenoxy) is 2. The monoisotopic (exact) mass is 512 g/mol. The van der Waals surface area contributed by atoms with Gasteiger partial charge < -0.3 is 15.2 Å². The van der Waals surface area contributed by atoms with Crippen molar-refractivity contribution < 1.29 is 23.9 Å². The van der Waals surface area contributed by atoms with E-state index in [-0.39, 0.29) is 37.5 Å². The van der Waals surface area contributed by atoms with Crippen LogP contribution in [-0.2, 0) is 20.9 Å². The van der Waals surface area contributed by atoms with E-state index in [0.717, 1.165) is 5.56 Å². The van der Waals surface area contributed by atoms with E-state index in [4.69, 9.17) is 73.2 Å². The Morgan fingerprint density at radius 3 is 2.00 bits per heavy atom. The second-order valence-corrected chi connectivity index (χ2v) is 7.63. The topological polar surface area (TPSA) is 108 Å². The van der Waals surface area contributed by atoms with E-state index in [9.17, 15) is 14.4 Å². The van der Waals surface area contributed by atoms with E-state index in [1.54, 1.807) is 30.3 Å². The number of hydrogen-bond acceptors (Lipinski definition) is 6. The molecule has 0 bridgehead atoms. The number of nitrogens with one attached hydrogen (secondary N) is 1. The van der Waals surface area contributed by atoms with E-state index < -0.39 is 30.4 Å². The summed E-state index contributed by atoms with van der Waals surface area (Å²) in [5.41, 5.74) is 6.38. The second kappa shape index (κ2) is 11.0. The fourth-order valence-electron chi connectivity index (χ4n) is 2.06. The molecule has 0 heterocycles. The minimum atomic E-state index is -1.45. The highest BCUT2D eigenvalue weighted by Gasteiger charge is 2.26. The number of carbonyl (C=O) groups is 3. The maximum atomic E-state index is 12.2. The van der Waals surface area contributed by atoms with Crippen LogP contribution in [0.4, 0.5) is 4.79 Å². The minimum absolute atomic E-state index is 0.0386.